The summed E-state index contributed by atoms with van der Waals surface area (Å²) in [5.74, 6) is 0.559. The molecule has 0 aromatic carbocycles. The second-order valence-electron chi connectivity index (χ2n) is 2.72. The summed E-state index contributed by atoms with van der Waals surface area (Å²) in [5.41, 5.74) is 0.601. The van der Waals surface area contributed by atoms with Crippen LogP contribution >= 0.6 is 0 Å². The van der Waals surface area contributed by atoms with Crippen molar-refractivity contribution in [3.05, 3.63) is 36.3 Å². The topological polar surface area (TPSA) is 42.2 Å². The summed E-state index contributed by atoms with van der Waals surface area (Å²) in [4.78, 5) is 11.4. The van der Waals surface area contributed by atoms with Crippen molar-refractivity contribution >= 4 is 5.91 Å². The Hall–Kier alpha value is -1.51. The predicted molar refractivity (Wildman–Crippen MR) is 50.6 cm³/mol. The van der Waals surface area contributed by atoms with E-state index in [9.17, 15) is 4.79 Å². The fourth-order valence-corrected chi connectivity index (χ4v) is 1.00. The fourth-order valence-electron chi connectivity index (χ4n) is 1.00. The molecule has 0 spiro atoms. The van der Waals surface area contributed by atoms with E-state index >= 15 is 0 Å². The molecule has 0 radical (unpaired) electrons. The van der Waals surface area contributed by atoms with Crippen molar-refractivity contribution in [2.75, 3.05) is 6.54 Å². The van der Waals surface area contributed by atoms with Crippen LogP contribution in [0.5, 0.6) is 0 Å². The molecule has 70 valence electrons. The number of amides is 1. The van der Waals surface area contributed by atoms with E-state index in [0.29, 0.717) is 17.9 Å². The van der Waals surface area contributed by atoms with Gasteiger partial charge in [-0.15, -0.1) is 6.58 Å². The molecule has 3 nitrogen and oxygen atoms in total. The zero-order valence-electron chi connectivity index (χ0n) is 7.67. The van der Waals surface area contributed by atoms with Gasteiger partial charge in [-0.1, -0.05) is 6.08 Å². The van der Waals surface area contributed by atoms with Gasteiger partial charge in [-0.25, -0.2) is 0 Å². The first-order valence-electron chi connectivity index (χ1n) is 4.19. The number of carbonyl (C=O) groups excluding carboxylic acids is 1. The zero-order chi connectivity index (χ0) is 9.68. The van der Waals surface area contributed by atoms with Crippen LogP contribution in [0, 0.1) is 6.92 Å². The highest BCUT2D eigenvalue weighted by atomic mass is 16.3. The number of furan rings is 1. The quantitative estimate of drug-likeness (QED) is 0.566. The Balaban J connectivity index is 2.49. The maximum absolute atomic E-state index is 11.4. The van der Waals surface area contributed by atoms with Crippen LogP contribution in [-0.2, 0) is 0 Å². The summed E-state index contributed by atoms with van der Waals surface area (Å²) in [6.45, 7) is 5.95. The normalized spacial score (nSPS) is 9.62. The smallest absolute Gasteiger partial charge is 0.254 e. The van der Waals surface area contributed by atoms with Crippen molar-refractivity contribution < 1.29 is 9.21 Å². The first-order chi connectivity index (χ1) is 6.25. The number of carbonyl (C=O) groups is 1. The van der Waals surface area contributed by atoms with E-state index in [1.165, 1.54) is 6.26 Å². The molecule has 1 rings (SSSR count). The van der Waals surface area contributed by atoms with Crippen molar-refractivity contribution in [2.45, 2.75) is 13.3 Å². The molecule has 0 aliphatic heterocycles. The molecule has 1 heterocycles. The van der Waals surface area contributed by atoms with Crippen LogP contribution in [-0.4, -0.2) is 12.5 Å². The molecule has 1 aromatic heterocycles. The van der Waals surface area contributed by atoms with Gasteiger partial charge in [0, 0.05) is 6.54 Å². The lowest BCUT2D eigenvalue weighted by atomic mass is 10.2. The molecule has 1 N–H and O–H groups in total. The predicted octanol–water partition coefficient (Wildman–Crippen LogP) is 1.89. The number of nitrogens with one attached hydrogen (secondary N) is 1. The van der Waals surface area contributed by atoms with Gasteiger partial charge in [-0.05, 0) is 19.4 Å². The Labute approximate surface area is 77.4 Å². The minimum atomic E-state index is -0.0897. The van der Waals surface area contributed by atoms with Crippen molar-refractivity contribution in [1.82, 2.24) is 5.32 Å². The third-order valence-electron chi connectivity index (χ3n) is 1.74. The molecule has 0 saturated carbocycles. The van der Waals surface area contributed by atoms with Crippen LogP contribution in [0.1, 0.15) is 22.5 Å². The average molecular weight is 179 g/mol. The molecule has 0 atom stereocenters. The van der Waals surface area contributed by atoms with Gasteiger partial charge in [-0.2, -0.15) is 0 Å². The van der Waals surface area contributed by atoms with Crippen molar-refractivity contribution in [2.24, 2.45) is 0 Å². The van der Waals surface area contributed by atoms with Gasteiger partial charge in [0.25, 0.3) is 5.91 Å². The van der Waals surface area contributed by atoms with Crippen LogP contribution in [0.3, 0.4) is 0 Å². The first-order valence-corrected chi connectivity index (χ1v) is 4.19. The molecule has 13 heavy (non-hydrogen) atoms. The Kier molecular flexibility index (Phi) is 3.31. The lowest BCUT2D eigenvalue weighted by Gasteiger charge is -2.00. The maximum Gasteiger partial charge on any atom is 0.254 e. The van der Waals surface area contributed by atoms with Gasteiger partial charge in [0.05, 0.1) is 11.8 Å². The monoisotopic (exact) mass is 179 g/mol. The summed E-state index contributed by atoms with van der Waals surface area (Å²) in [5, 5.41) is 2.76. The lowest BCUT2D eigenvalue weighted by molar-refractivity contribution is 0.0953. The molecule has 0 unspecified atom stereocenters. The van der Waals surface area contributed by atoms with Gasteiger partial charge >= 0.3 is 0 Å². The van der Waals surface area contributed by atoms with Crippen LogP contribution in [0.2, 0.25) is 0 Å². The highest BCUT2D eigenvalue weighted by Crippen LogP contribution is 2.07. The molecular weight excluding hydrogens is 166 g/mol. The lowest BCUT2D eigenvalue weighted by Crippen LogP contribution is -2.24. The van der Waals surface area contributed by atoms with Crippen LogP contribution < -0.4 is 5.32 Å². The Morgan fingerprint density at radius 1 is 1.77 bits per heavy atom. The highest BCUT2D eigenvalue weighted by Gasteiger charge is 2.09. The highest BCUT2D eigenvalue weighted by molar-refractivity contribution is 5.94. The average Bonchev–Trinajstić information content (AvgIpc) is 2.52. The van der Waals surface area contributed by atoms with E-state index in [1.807, 2.05) is 0 Å². The van der Waals surface area contributed by atoms with Gasteiger partial charge in [0.15, 0.2) is 0 Å². The van der Waals surface area contributed by atoms with E-state index < -0.39 is 0 Å². The molecule has 0 saturated heterocycles. The second-order valence-corrected chi connectivity index (χ2v) is 2.72. The molecule has 0 aliphatic carbocycles. The molecule has 0 bridgehead atoms. The maximum atomic E-state index is 11.4. The molecule has 3 heteroatoms. The Morgan fingerprint density at radius 3 is 3.08 bits per heavy atom. The molecular formula is C10H13NO2. The standard InChI is InChI=1S/C10H13NO2/c1-3-4-6-11-10(12)9-5-7-13-8(9)2/h3,5,7H,1,4,6H2,2H3,(H,11,12). The largest absolute Gasteiger partial charge is 0.469 e. The Bertz CT molecular complexity index is 302. The molecule has 0 aliphatic rings. The summed E-state index contributed by atoms with van der Waals surface area (Å²) in [6, 6.07) is 1.67. The molecule has 1 aromatic rings. The summed E-state index contributed by atoms with van der Waals surface area (Å²) in [7, 11) is 0. The van der Waals surface area contributed by atoms with E-state index in [4.69, 9.17) is 4.42 Å². The van der Waals surface area contributed by atoms with Gasteiger partial charge in [-0.3, -0.25) is 4.79 Å². The van der Waals surface area contributed by atoms with Crippen molar-refractivity contribution in [1.29, 1.82) is 0 Å². The number of rotatable bonds is 4. The summed E-state index contributed by atoms with van der Waals surface area (Å²) >= 11 is 0. The first kappa shape index (κ1) is 9.58. The third-order valence-corrected chi connectivity index (χ3v) is 1.74. The Morgan fingerprint density at radius 2 is 2.54 bits per heavy atom. The number of hydrogen-bond acceptors (Lipinski definition) is 2. The second kappa shape index (κ2) is 4.50. The number of hydrogen-bond donors (Lipinski definition) is 1. The third kappa shape index (κ3) is 2.47. The summed E-state index contributed by atoms with van der Waals surface area (Å²) < 4.78 is 5.01. The molecule has 1 amide bonds. The minimum absolute atomic E-state index is 0.0897. The summed E-state index contributed by atoms with van der Waals surface area (Å²) in [6.07, 6.45) is 4.06. The van der Waals surface area contributed by atoms with Gasteiger partial charge < -0.3 is 9.73 Å². The fraction of sp³-hybridized carbons (Fsp3) is 0.300. The van der Waals surface area contributed by atoms with Crippen LogP contribution in [0.25, 0.3) is 0 Å². The van der Waals surface area contributed by atoms with E-state index in [2.05, 4.69) is 11.9 Å². The van der Waals surface area contributed by atoms with Gasteiger partial charge in [0.2, 0.25) is 0 Å². The molecule has 0 fully saturated rings. The van der Waals surface area contributed by atoms with E-state index in [1.54, 1.807) is 19.1 Å². The number of aryl methyl sites for hydroxylation is 1. The van der Waals surface area contributed by atoms with Crippen LogP contribution in [0.4, 0.5) is 0 Å². The van der Waals surface area contributed by atoms with Crippen LogP contribution in [0.15, 0.2) is 29.4 Å². The van der Waals surface area contributed by atoms with Crippen molar-refractivity contribution in [3.8, 4) is 0 Å². The SMILES string of the molecule is C=CCCNC(=O)c1ccoc1C. The van der Waals surface area contributed by atoms with E-state index in [-0.39, 0.29) is 5.91 Å². The van der Waals surface area contributed by atoms with E-state index in [0.717, 1.165) is 6.42 Å². The van der Waals surface area contributed by atoms with Gasteiger partial charge in [0.1, 0.15) is 5.76 Å². The minimum Gasteiger partial charge on any atom is -0.469 e. The zero-order valence-corrected chi connectivity index (χ0v) is 7.67. The van der Waals surface area contributed by atoms with Crippen molar-refractivity contribution in [3.63, 3.8) is 0 Å².